The normalized spacial score (nSPS) is 22.5. The second-order valence-electron chi connectivity index (χ2n) is 6.01. The van der Waals surface area contributed by atoms with Crippen molar-refractivity contribution in [1.29, 1.82) is 0 Å². The zero-order valence-corrected chi connectivity index (χ0v) is 11.8. The van der Waals surface area contributed by atoms with Gasteiger partial charge in [0, 0.05) is 31.2 Å². The first-order valence-electron chi connectivity index (χ1n) is 6.58. The molecule has 0 aromatic carbocycles. The average Bonchev–Trinajstić information content (AvgIpc) is 2.20. The van der Waals surface area contributed by atoms with E-state index in [2.05, 4.69) is 50.2 Å². The Bertz CT molecular complexity index is 263. The lowest BCUT2D eigenvalue weighted by Gasteiger charge is -2.42. The van der Waals surface area contributed by atoms with Gasteiger partial charge >= 0.3 is 0 Å². The van der Waals surface area contributed by atoms with Crippen LogP contribution in [0.3, 0.4) is 0 Å². The Morgan fingerprint density at radius 2 is 2.06 bits per heavy atom. The summed E-state index contributed by atoms with van der Waals surface area (Å²) in [6.45, 7) is 14.0. The smallest absolute Gasteiger partial charge is 0.234 e. The van der Waals surface area contributed by atoms with Gasteiger partial charge in [0.05, 0.1) is 6.54 Å². The van der Waals surface area contributed by atoms with Gasteiger partial charge in [-0.3, -0.25) is 9.69 Å². The molecular weight excluding hydrogens is 214 g/mol. The van der Waals surface area contributed by atoms with Crippen molar-refractivity contribution in [2.24, 2.45) is 5.92 Å². The summed E-state index contributed by atoms with van der Waals surface area (Å²) in [7, 11) is 0. The van der Waals surface area contributed by atoms with Crippen LogP contribution in [0.25, 0.3) is 0 Å². The molecule has 0 bridgehead atoms. The van der Waals surface area contributed by atoms with Gasteiger partial charge < -0.3 is 10.6 Å². The van der Waals surface area contributed by atoms with Crippen LogP contribution in [0.15, 0.2) is 0 Å². The number of carbonyl (C=O) groups is 1. The van der Waals surface area contributed by atoms with Crippen molar-refractivity contribution in [1.82, 2.24) is 15.5 Å². The van der Waals surface area contributed by atoms with Crippen molar-refractivity contribution >= 4 is 5.91 Å². The molecule has 1 aliphatic rings. The molecule has 0 aromatic heterocycles. The van der Waals surface area contributed by atoms with Crippen LogP contribution in [0, 0.1) is 5.92 Å². The van der Waals surface area contributed by atoms with E-state index in [1.165, 1.54) is 0 Å². The van der Waals surface area contributed by atoms with Crippen molar-refractivity contribution in [3.8, 4) is 0 Å². The number of nitrogens with zero attached hydrogens (tertiary/aromatic N) is 1. The number of rotatable bonds is 4. The predicted molar refractivity (Wildman–Crippen MR) is 71.0 cm³/mol. The number of hydrogen-bond acceptors (Lipinski definition) is 3. The van der Waals surface area contributed by atoms with Crippen molar-refractivity contribution in [3.05, 3.63) is 0 Å². The minimum atomic E-state index is 0.0661. The van der Waals surface area contributed by atoms with Crippen LogP contribution in [0.5, 0.6) is 0 Å². The lowest BCUT2D eigenvalue weighted by Crippen LogP contribution is -2.60. The molecule has 1 aliphatic heterocycles. The van der Waals surface area contributed by atoms with Crippen molar-refractivity contribution < 1.29 is 4.79 Å². The van der Waals surface area contributed by atoms with Gasteiger partial charge in [-0.25, -0.2) is 0 Å². The van der Waals surface area contributed by atoms with Crippen molar-refractivity contribution in [2.45, 2.75) is 46.2 Å². The van der Waals surface area contributed by atoms with Gasteiger partial charge in [0.15, 0.2) is 0 Å². The number of hydrogen-bond donors (Lipinski definition) is 2. The molecule has 4 nitrogen and oxygen atoms in total. The second-order valence-corrected chi connectivity index (χ2v) is 6.01. The topological polar surface area (TPSA) is 44.4 Å². The van der Waals surface area contributed by atoms with E-state index in [1.807, 2.05) is 0 Å². The molecule has 1 atom stereocenters. The Labute approximate surface area is 105 Å². The van der Waals surface area contributed by atoms with E-state index < -0.39 is 0 Å². The molecule has 0 saturated carbocycles. The van der Waals surface area contributed by atoms with Gasteiger partial charge in [0.25, 0.3) is 0 Å². The molecule has 0 spiro atoms. The third-order valence-electron chi connectivity index (χ3n) is 3.70. The first kappa shape index (κ1) is 14.5. The van der Waals surface area contributed by atoms with E-state index in [9.17, 15) is 4.79 Å². The number of amides is 1. The maximum Gasteiger partial charge on any atom is 0.234 e. The molecule has 0 radical (unpaired) electrons. The summed E-state index contributed by atoms with van der Waals surface area (Å²) < 4.78 is 0. The lowest BCUT2D eigenvalue weighted by molar-refractivity contribution is -0.124. The summed E-state index contributed by atoms with van der Waals surface area (Å²) >= 11 is 0. The molecule has 2 N–H and O–H groups in total. The zero-order valence-electron chi connectivity index (χ0n) is 11.8. The van der Waals surface area contributed by atoms with E-state index in [1.54, 1.807) is 0 Å². The predicted octanol–water partition coefficient (Wildman–Crippen LogP) is 0.831. The Hall–Kier alpha value is -0.610. The molecule has 1 amide bonds. The molecule has 4 heteroatoms. The van der Waals surface area contributed by atoms with Crippen LogP contribution >= 0.6 is 0 Å². The standard InChI is InChI=1S/C13H27N3O/c1-10(2)11(3)15-12(17)8-16-7-6-14-9-13(16,4)5/h10-11,14H,6-9H2,1-5H3,(H,15,17). The molecule has 1 rings (SSSR count). The Kier molecular flexibility index (Phi) is 4.95. The quantitative estimate of drug-likeness (QED) is 0.766. The highest BCUT2D eigenvalue weighted by Gasteiger charge is 2.30. The Morgan fingerprint density at radius 1 is 1.41 bits per heavy atom. The fourth-order valence-electron chi connectivity index (χ4n) is 1.96. The average molecular weight is 241 g/mol. The van der Waals surface area contributed by atoms with Gasteiger partial charge in [-0.2, -0.15) is 0 Å². The summed E-state index contributed by atoms with van der Waals surface area (Å²) in [6, 6.07) is 0.244. The molecule has 1 unspecified atom stereocenters. The minimum absolute atomic E-state index is 0.0661. The molecule has 0 aliphatic carbocycles. The van der Waals surface area contributed by atoms with E-state index in [-0.39, 0.29) is 17.5 Å². The molecule has 17 heavy (non-hydrogen) atoms. The van der Waals surface area contributed by atoms with Crippen LogP contribution in [0.1, 0.15) is 34.6 Å². The number of carbonyl (C=O) groups excluding carboxylic acids is 1. The number of piperazine rings is 1. The number of nitrogens with one attached hydrogen (secondary N) is 2. The third-order valence-corrected chi connectivity index (χ3v) is 3.70. The first-order valence-corrected chi connectivity index (χ1v) is 6.58. The highest BCUT2D eigenvalue weighted by molar-refractivity contribution is 5.78. The van der Waals surface area contributed by atoms with Crippen LogP contribution < -0.4 is 10.6 Å². The van der Waals surface area contributed by atoms with Crippen LogP contribution in [0.2, 0.25) is 0 Å². The monoisotopic (exact) mass is 241 g/mol. The highest BCUT2D eigenvalue weighted by atomic mass is 16.2. The fourth-order valence-corrected chi connectivity index (χ4v) is 1.96. The molecule has 100 valence electrons. The summed E-state index contributed by atoms with van der Waals surface area (Å²) in [5, 5.41) is 6.43. The summed E-state index contributed by atoms with van der Waals surface area (Å²) in [4.78, 5) is 14.2. The molecular formula is C13H27N3O. The zero-order chi connectivity index (χ0) is 13.1. The molecule has 1 heterocycles. The van der Waals surface area contributed by atoms with Gasteiger partial charge in [0.2, 0.25) is 5.91 Å². The first-order chi connectivity index (χ1) is 7.83. The summed E-state index contributed by atoms with van der Waals surface area (Å²) in [6.07, 6.45) is 0. The van der Waals surface area contributed by atoms with Crippen LogP contribution in [-0.2, 0) is 4.79 Å². The van der Waals surface area contributed by atoms with Gasteiger partial charge in [-0.1, -0.05) is 13.8 Å². The second kappa shape index (κ2) is 5.83. The third kappa shape index (κ3) is 4.28. The van der Waals surface area contributed by atoms with Crippen LogP contribution in [-0.4, -0.2) is 48.6 Å². The molecule has 1 saturated heterocycles. The Balaban J connectivity index is 2.44. The van der Waals surface area contributed by atoms with E-state index in [0.717, 1.165) is 19.6 Å². The highest BCUT2D eigenvalue weighted by Crippen LogP contribution is 2.15. The Morgan fingerprint density at radius 3 is 2.59 bits per heavy atom. The van der Waals surface area contributed by atoms with E-state index in [0.29, 0.717) is 12.5 Å². The van der Waals surface area contributed by atoms with Gasteiger partial charge in [0.1, 0.15) is 0 Å². The lowest BCUT2D eigenvalue weighted by atomic mass is 10.00. The van der Waals surface area contributed by atoms with Crippen molar-refractivity contribution in [3.63, 3.8) is 0 Å². The summed E-state index contributed by atoms with van der Waals surface area (Å²) in [5.41, 5.74) is 0.0661. The van der Waals surface area contributed by atoms with Gasteiger partial charge in [-0.15, -0.1) is 0 Å². The van der Waals surface area contributed by atoms with Crippen LogP contribution in [0.4, 0.5) is 0 Å². The molecule has 0 aromatic rings. The maximum atomic E-state index is 11.9. The van der Waals surface area contributed by atoms with Crippen molar-refractivity contribution in [2.75, 3.05) is 26.2 Å². The minimum Gasteiger partial charge on any atom is -0.352 e. The fraction of sp³-hybridized carbons (Fsp3) is 0.923. The maximum absolute atomic E-state index is 11.9. The summed E-state index contributed by atoms with van der Waals surface area (Å²) in [5.74, 6) is 0.621. The van der Waals surface area contributed by atoms with Gasteiger partial charge in [-0.05, 0) is 26.7 Å². The van der Waals surface area contributed by atoms with E-state index in [4.69, 9.17) is 0 Å². The largest absolute Gasteiger partial charge is 0.352 e. The SMILES string of the molecule is CC(C)C(C)NC(=O)CN1CCNCC1(C)C. The van der Waals surface area contributed by atoms with E-state index >= 15 is 0 Å². The molecule has 1 fully saturated rings.